The lowest BCUT2D eigenvalue weighted by Gasteiger charge is -2.25. The number of halogens is 2. The van der Waals surface area contributed by atoms with Crippen LogP contribution in [0.25, 0.3) is 0 Å². The molecule has 182 valence electrons. The van der Waals surface area contributed by atoms with E-state index in [1.807, 2.05) is 0 Å². The van der Waals surface area contributed by atoms with Gasteiger partial charge >= 0.3 is 5.97 Å². The summed E-state index contributed by atoms with van der Waals surface area (Å²) < 4.78 is 5.50. The van der Waals surface area contributed by atoms with Crippen LogP contribution in [0.3, 0.4) is 0 Å². The monoisotopic (exact) mass is 514 g/mol. The summed E-state index contributed by atoms with van der Waals surface area (Å²) in [4.78, 5) is 53.8. The van der Waals surface area contributed by atoms with Gasteiger partial charge < -0.3 is 9.64 Å². The van der Waals surface area contributed by atoms with Crippen LogP contribution in [0.4, 0.5) is 11.4 Å². The van der Waals surface area contributed by atoms with Crippen molar-refractivity contribution < 1.29 is 23.9 Å². The summed E-state index contributed by atoms with van der Waals surface area (Å²) >= 11 is 12.2. The Morgan fingerprint density at radius 1 is 0.971 bits per heavy atom. The predicted octanol–water partition coefficient (Wildman–Crippen LogP) is 4.88. The Hall–Kier alpha value is -2.90. The third kappa shape index (κ3) is 4.43. The van der Waals surface area contributed by atoms with Crippen LogP contribution in [0.5, 0.6) is 5.75 Å². The highest BCUT2D eigenvalue weighted by atomic mass is 35.5. The van der Waals surface area contributed by atoms with Crippen molar-refractivity contribution >= 4 is 58.3 Å². The second-order valence-corrected chi connectivity index (χ2v) is 10.4. The van der Waals surface area contributed by atoms with Gasteiger partial charge in [0.1, 0.15) is 5.75 Å². The minimum Gasteiger partial charge on any atom is -0.426 e. The number of hydrogen-bond donors (Lipinski definition) is 0. The fourth-order valence-corrected chi connectivity index (χ4v) is 5.68. The van der Waals surface area contributed by atoms with Gasteiger partial charge in [-0.15, -0.1) is 0 Å². The number of rotatable bonds is 4. The Balaban J connectivity index is 1.25. The number of anilines is 2. The summed E-state index contributed by atoms with van der Waals surface area (Å²) in [6.45, 7) is 2.24. The molecule has 2 aromatic carbocycles. The number of benzene rings is 2. The van der Waals surface area contributed by atoms with E-state index in [1.54, 1.807) is 42.5 Å². The summed E-state index contributed by atoms with van der Waals surface area (Å²) in [5.74, 6) is -1.54. The number of fused-ring (bicyclic) bond motifs is 1. The standard InChI is InChI=1S/C26H24Cl2N2O5/c1-14-2-8-19-20(10-14)25(33)30(24(19)32)17-4-6-18(7-5-17)35-26(34)15-11-23(31)29(13-15)22-12-16(27)3-9-21(22)28/h3-7,9,12,14-15,19-20H,2,8,10-11,13H2,1H3/t14-,15-,19+,20-/m1/s1. The highest BCUT2D eigenvalue weighted by Gasteiger charge is 2.50. The molecule has 3 aliphatic rings. The van der Waals surface area contributed by atoms with Crippen molar-refractivity contribution in [3.05, 3.63) is 52.5 Å². The Morgan fingerprint density at radius 3 is 2.43 bits per heavy atom. The topological polar surface area (TPSA) is 84.0 Å². The first-order valence-electron chi connectivity index (χ1n) is 11.7. The third-order valence-corrected chi connectivity index (χ3v) is 7.71. The number of hydrogen-bond acceptors (Lipinski definition) is 5. The lowest BCUT2D eigenvalue weighted by Crippen LogP contribution is -2.30. The van der Waals surface area contributed by atoms with Crippen LogP contribution in [-0.2, 0) is 19.2 Å². The van der Waals surface area contributed by atoms with Crippen molar-refractivity contribution in [1.29, 1.82) is 0 Å². The quantitative estimate of drug-likeness (QED) is 0.330. The fourth-order valence-electron chi connectivity index (χ4n) is 5.30. The Labute approximate surface area is 212 Å². The minimum atomic E-state index is -0.663. The van der Waals surface area contributed by atoms with E-state index in [9.17, 15) is 19.2 Å². The molecule has 2 saturated heterocycles. The Bertz CT molecular complexity index is 1210. The van der Waals surface area contributed by atoms with Crippen molar-refractivity contribution in [2.45, 2.75) is 32.6 Å². The molecule has 4 atom stereocenters. The van der Waals surface area contributed by atoms with Gasteiger partial charge in [0.25, 0.3) is 0 Å². The fraction of sp³-hybridized carbons (Fsp3) is 0.385. The highest BCUT2D eigenvalue weighted by Crippen LogP contribution is 2.42. The lowest BCUT2D eigenvalue weighted by atomic mass is 9.76. The van der Waals surface area contributed by atoms with Gasteiger partial charge in [-0.05, 0) is 67.6 Å². The van der Waals surface area contributed by atoms with Crippen molar-refractivity contribution in [2.24, 2.45) is 23.7 Å². The molecule has 2 aromatic rings. The lowest BCUT2D eigenvalue weighted by molar-refractivity contribution is -0.139. The van der Waals surface area contributed by atoms with E-state index in [2.05, 4.69) is 6.92 Å². The SMILES string of the molecule is C[C@@H]1CC[C@@H]2C(=O)N(c3ccc(OC(=O)[C@@H]4CC(=O)N(c5cc(Cl)ccc5Cl)C4)cc3)C(=O)[C@@H]2C1. The zero-order valence-corrected chi connectivity index (χ0v) is 20.6. The average molecular weight is 515 g/mol. The summed E-state index contributed by atoms with van der Waals surface area (Å²) in [5, 5.41) is 0.805. The van der Waals surface area contributed by atoms with Crippen molar-refractivity contribution in [1.82, 2.24) is 0 Å². The summed E-state index contributed by atoms with van der Waals surface area (Å²) in [7, 11) is 0. The molecular formula is C26H24Cl2N2O5. The van der Waals surface area contributed by atoms with Crippen LogP contribution in [-0.4, -0.2) is 30.2 Å². The van der Waals surface area contributed by atoms with Gasteiger partial charge in [0.15, 0.2) is 0 Å². The van der Waals surface area contributed by atoms with Crippen molar-refractivity contribution in [3.63, 3.8) is 0 Å². The van der Waals surface area contributed by atoms with Gasteiger partial charge in [-0.1, -0.05) is 30.1 Å². The number of imide groups is 1. The van der Waals surface area contributed by atoms with Gasteiger partial charge in [0.2, 0.25) is 17.7 Å². The molecule has 35 heavy (non-hydrogen) atoms. The maximum absolute atomic E-state index is 12.9. The highest BCUT2D eigenvalue weighted by molar-refractivity contribution is 6.36. The maximum Gasteiger partial charge on any atom is 0.316 e. The van der Waals surface area contributed by atoms with Crippen LogP contribution in [0.1, 0.15) is 32.6 Å². The second kappa shape index (κ2) is 9.28. The van der Waals surface area contributed by atoms with Crippen LogP contribution in [0.2, 0.25) is 10.0 Å². The summed E-state index contributed by atoms with van der Waals surface area (Å²) in [6.07, 6.45) is 2.42. The number of amides is 3. The number of esters is 1. The van der Waals surface area contributed by atoms with Crippen molar-refractivity contribution in [3.8, 4) is 5.75 Å². The van der Waals surface area contributed by atoms with Crippen LogP contribution in [0.15, 0.2) is 42.5 Å². The number of carbonyl (C=O) groups is 4. The molecule has 0 N–H and O–H groups in total. The number of carbonyl (C=O) groups excluding carboxylic acids is 4. The van der Waals surface area contributed by atoms with Gasteiger partial charge in [-0.3, -0.25) is 24.1 Å². The number of nitrogens with zero attached hydrogens (tertiary/aromatic N) is 2. The Kier molecular flexibility index (Phi) is 6.32. The molecule has 9 heteroatoms. The van der Waals surface area contributed by atoms with Crippen LogP contribution < -0.4 is 14.5 Å². The maximum atomic E-state index is 12.9. The zero-order chi connectivity index (χ0) is 24.9. The second-order valence-electron chi connectivity index (χ2n) is 9.56. The summed E-state index contributed by atoms with van der Waals surface area (Å²) in [6, 6.07) is 11.1. The Morgan fingerprint density at radius 2 is 1.69 bits per heavy atom. The zero-order valence-electron chi connectivity index (χ0n) is 19.1. The molecule has 0 unspecified atom stereocenters. The molecular weight excluding hydrogens is 491 g/mol. The van der Waals surface area contributed by atoms with Crippen LogP contribution in [0, 0.1) is 23.7 Å². The molecule has 0 radical (unpaired) electrons. The van der Waals surface area contributed by atoms with E-state index in [1.165, 1.54) is 9.80 Å². The third-order valence-electron chi connectivity index (χ3n) is 7.16. The van der Waals surface area contributed by atoms with Gasteiger partial charge in [0, 0.05) is 18.0 Å². The molecule has 0 bridgehead atoms. The minimum absolute atomic E-state index is 0.00224. The van der Waals surface area contributed by atoms with Gasteiger partial charge in [-0.2, -0.15) is 0 Å². The summed E-state index contributed by atoms with van der Waals surface area (Å²) in [5.41, 5.74) is 0.929. The van der Waals surface area contributed by atoms with E-state index >= 15 is 0 Å². The van der Waals surface area contributed by atoms with Gasteiger partial charge in [-0.25, -0.2) is 0 Å². The molecule has 3 fully saturated rings. The molecule has 1 aliphatic carbocycles. The molecule has 2 heterocycles. The van der Waals surface area contributed by atoms with E-state index < -0.39 is 11.9 Å². The van der Waals surface area contributed by atoms with E-state index in [-0.39, 0.29) is 48.3 Å². The first kappa shape index (κ1) is 23.8. The van der Waals surface area contributed by atoms with E-state index in [0.717, 1.165) is 19.3 Å². The molecule has 0 aromatic heterocycles. The molecule has 2 aliphatic heterocycles. The molecule has 3 amide bonds. The first-order valence-corrected chi connectivity index (χ1v) is 12.4. The molecule has 7 nitrogen and oxygen atoms in total. The number of ether oxygens (including phenoxy) is 1. The van der Waals surface area contributed by atoms with Crippen LogP contribution >= 0.6 is 23.2 Å². The van der Waals surface area contributed by atoms with Crippen molar-refractivity contribution in [2.75, 3.05) is 16.3 Å². The molecule has 0 spiro atoms. The first-order chi connectivity index (χ1) is 16.7. The van der Waals surface area contributed by atoms with E-state index in [4.69, 9.17) is 27.9 Å². The van der Waals surface area contributed by atoms with E-state index in [0.29, 0.717) is 27.3 Å². The largest absolute Gasteiger partial charge is 0.426 e. The smallest absolute Gasteiger partial charge is 0.316 e. The normalized spacial score (nSPS) is 26.3. The molecule has 5 rings (SSSR count). The van der Waals surface area contributed by atoms with Gasteiger partial charge in [0.05, 0.1) is 34.2 Å². The average Bonchev–Trinajstić information content (AvgIpc) is 3.33. The molecule has 1 saturated carbocycles. The predicted molar refractivity (Wildman–Crippen MR) is 131 cm³/mol.